The SMILES string of the molecule is Cn1ncc2c(N3CCC(c4ccccc4)C3)ncnc21. The van der Waals surface area contributed by atoms with E-state index in [4.69, 9.17) is 0 Å². The standard InChI is InChI=1S/C16H17N5/c1-20-15-14(9-19-20)16(18-11-17-15)21-8-7-13(10-21)12-5-3-2-4-6-12/h2-6,9,11,13H,7-8,10H2,1H3. The largest absolute Gasteiger partial charge is 0.355 e. The molecule has 3 heterocycles. The lowest BCUT2D eigenvalue weighted by Gasteiger charge is -2.18. The van der Waals surface area contributed by atoms with Crippen molar-refractivity contribution in [1.82, 2.24) is 19.7 Å². The van der Waals surface area contributed by atoms with E-state index < -0.39 is 0 Å². The van der Waals surface area contributed by atoms with Crippen molar-refractivity contribution in [3.05, 3.63) is 48.4 Å². The van der Waals surface area contributed by atoms with Gasteiger partial charge in [0.25, 0.3) is 0 Å². The molecule has 1 aliphatic rings. The first-order valence-electron chi connectivity index (χ1n) is 7.25. The summed E-state index contributed by atoms with van der Waals surface area (Å²) in [7, 11) is 1.91. The van der Waals surface area contributed by atoms with E-state index in [-0.39, 0.29) is 0 Å². The summed E-state index contributed by atoms with van der Waals surface area (Å²) >= 11 is 0. The van der Waals surface area contributed by atoms with Gasteiger partial charge >= 0.3 is 0 Å². The molecule has 2 aromatic heterocycles. The highest BCUT2D eigenvalue weighted by Gasteiger charge is 2.26. The molecule has 0 radical (unpaired) electrons. The lowest BCUT2D eigenvalue weighted by atomic mass is 9.99. The first-order chi connectivity index (χ1) is 10.3. The number of hydrogen-bond acceptors (Lipinski definition) is 4. The van der Waals surface area contributed by atoms with E-state index in [0.717, 1.165) is 36.4 Å². The van der Waals surface area contributed by atoms with Gasteiger partial charge in [0.05, 0.1) is 11.6 Å². The van der Waals surface area contributed by atoms with Crippen LogP contribution in [-0.2, 0) is 7.05 Å². The van der Waals surface area contributed by atoms with E-state index >= 15 is 0 Å². The molecule has 21 heavy (non-hydrogen) atoms. The van der Waals surface area contributed by atoms with Gasteiger partial charge in [0.15, 0.2) is 5.65 Å². The maximum absolute atomic E-state index is 4.49. The highest BCUT2D eigenvalue weighted by atomic mass is 15.3. The Morgan fingerprint density at radius 1 is 1.14 bits per heavy atom. The van der Waals surface area contributed by atoms with Gasteiger partial charge < -0.3 is 4.90 Å². The van der Waals surface area contributed by atoms with Crippen LogP contribution in [0.4, 0.5) is 5.82 Å². The van der Waals surface area contributed by atoms with Crippen molar-refractivity contribution in [2.24, 2.45) is 7.05 Å². The minimum absolute atomic E-state index is 0.577. The molecule has 0 N–H and O–H groups in total. The zero-order valence-corrected chi connectivity index (χ0v) is 12.0. The van der Waals surface area contributed by atoms with Crippen molar-refractivity contribution >= 4 is 16.9 Å². The van der Waals surface area contributed by atoms with Crippen LogP contribution in [0.5, 0.6) is 0 Å². The fourth-order valence-corrected chi connectivity index (χ4v) is 3.15. The molecule has 1 aromatic carbocycles. The fourth-order valence-electron chi connectivity index (χ4n) is 3.15. The smallest absolute Gasteiger partial charge is 0.163 e. The Morgan fingerprint density at radius 3 is 2.86 bits per heavy atom. The number of benzene rings is 1. The van der Waals surface area contributed by atoms with Crippen LogP contribution in [0.3, 0.4) is 0 Å². The molecule has 1 aliphatic heterocycles. The van der Waals surface area contributed by atoms with Crippen LogP contribution in [0.25, 0.3) is 11.0 Å². The fraction of sp³-hybridized carbons (Fsp3) is 0.312. The Kier molecular flexibility index (Phi) is 2.84. The van der Waals surface area contributed by atoms with Gasteiger partial charge in [-0.05, 0) is 12.0 Å². The second kappa shape index (κ2) is 4.84. The van der Waals surface area contributed by atoms with Gasteiger partial charge in [-0.25, -0.2) is 9.97 Å². The number of anilines is 1. The van der Waals surface area contributed by atoms with Crippen LogP contribution >= 0.6 is 0 Å². The predicted octanol–water partition coefficient (Wildman–Crippen LogP) is 2.36. The molecule has 1 fully saturated rings. The predicted molar refractivity (Wildman–Crippen MR) is 82.3 cm³/mol. The Bertz CT molecular complexity index is 765. The molecule has 4 rings (SSSR count). The van der Waals surface area contributed by atoms with Crippen LogP contribution in [0.1, 0.15) is 17.9 Å². The van der Waals surface area contributed by atoms with Gasteiger partial charge in [-0.15, -0.1) is 0 Å². The van der Waals surface area contributed by atoms with Crippen LogP contribution in [0.2, 0.25) is 0 Å². The van der Waals surface area contributed by atoms with Crippen LogP contribution < -0.4 is 4.90 Å². The monoisotopic (exact) mass is 279 g/mol. The summed E-state index contributed by atoms with van der Waals surface area (Å²) in [4.78, 5) is 11.2. The van der Waals surface area contributed by atoms with Crippen molar-refractivity contribution in [3.8, 4) is 0 Å². The molecule has 3 aromatic rings. The first kappa shape index (κ1) is 12.3. The molecular formula is C16H17N5. The molecule has 5 heteroatoms. The molecule has 0 spiro atoms. The molecule has 1 atom stereocenters. The van der Waals surface area contributed by atoms with E-state index in [1.165, 1.54) is 5.56 Å². The number of aryl methyl sites for hydroxylation is 1. The van der Waals surface area contributed by atoms with Crippen molar-refractivity contribution in [3.63, 3.8) is 0 Å². The lowest BCUT2D eigenvalue weighted by Crippen LogP contribution is -2.20. The number of rotatable bonds is 2. The molecule has 0 amide bonds. The van der Waals surface area contributed by atoms with Gasteiger partial charge in [-0.3, -0.25) is 4.68 Å². The number of hydrogen-bond donors (Lipinski definition) is 0. The summed E-state index contributed by atoms with van der Waals surface area (Å²) in [5, 5.41) is 5.33. The average Bonchev–Trinajstić information content (AvgIpc) is 3.16. The second-order valence-electron chi connectivity index (χ2n) is 5.55. The second-order valence-corrected chi connectivity index (χ2v) is 5.55. The third-order valence-electron chi connectivity index (χ3n) is 4.27. The number of aromatic nitrogens is 4. The number of nitrogens with zero attached hydrogens (tertiary/aromatic N) is 5. The molecular weight excluding hydrogens is 262 g/mol. The molecule has 106 valence electrons. The Labute approximate surface area is 123 Å². The molecule has 5 nitrogen and oxygen atoms in total. The lowest BCUT2D eigenvalue weighted by molar-refractivity contribution is 0.774. The van der Waals surface area contributed by atoms with Crippen molar-refractivity contribution in [1.29, 1.82) is 0 Å². The summed E-state index contributed by atoms with van der Waals surface area (Å²) in [6, 6.07) is 10.7. The Hall–Kier alpha value is -2.43. The average molecular weight is 279 g/mol. The van der Waals surface area contributed by atoms with Crippen LogP contribution in [-0.4, -0.2) is 32.8 Å². The molecule has 0 aliphatic carbocycles. The Balaban J connectivity index is 1.65. The van der Waals surface area contributed by atoms with E-state index in [1.54, 1.807) is 11.0 Å². The van der Waals surface area contributed by atoms with Gasteiger partial charge in [0.1, 0.15) is 12.1 Å². The summed E-state index contributed by atoms with van der Waals surface area (Å²) in [5.41, 5.74) is 2.31. The van der Waals surface area contributed by atoms with E-state index in [9.17, 15) is 0 Å². The quantitative estimate of drug-likeness (QED) is 0.722. The molecule has 0 saturated carbocycles. The van der Waals surface area contributed by atoms with Crippen molar-refractivity contribution < 1.29 is 0 Å². The van der Waals surface area contributed by atoms with Gasteiger partial charge in [0.2, 0.25) is 0 Å². The molecule has 1 saturated heterocycles. The van der Waals surface area contributed by atoms with E-state index in [1.807, 2.05) is 13.2 Å². The normalized spacial score (nSPS) is 18.5. The molecule has 1 unspecified atom stereocenters. The van der Waals surface area contributed by atoms with E-state index in [0.29, 0.717) is 5.92 Å². The highest BCUT2D eigenvalue weighted by molar-refractivity contribution is 5.86. The third kappa shape index (κ3) is 2.05. The van der Waals surface area contributed by atoms with Gasteiger partial charge in [-0.2, -0.15) is 5.10 Å². The Morgan fingerprint density at radius 2 is 2.00 bits per heavy atom. The third-order valence-corrected chi connectivity index (χ3v) is 4.27. The maximum Gasteiger partial charge on any atom is 0.163 e. The summed E-state index contributed by atoms with van der Waals surface area (Å²) in [6.07, 6.45) is 4.66. The maximum atomic E-state index is 4.49. The first-order valence-corrected chi connectivity index (χ1v) is 7.25. The van der Waals surface area contributed by atoms with Crippen LogP contribution in [0.15, 0.2) is 42.9 Å². The zero-order chi connectivity index (χ0) is 14.2. The highest BCUT2D eigenvalue weighted by Crippen LogP contribution is 2.32. The van der Waals surface area contributed by atoms with Crippen LogP contribution in [0, 0.1) is 0 Å². The van der Waals surface area contributed by atoms with Crippen molar-refractivity contribution in [2.75, 3.05) is 18.0 Å². The number of fused-ring (bicyclic) bond motifs is 1. The minimum Gasteiger partial charge on any atom is -0.355 e. The van der Waals surface area contributed by atoms with Crippen molar-refractivity contribution in [2.45, 2.75) is 12.3 Å². The summed E-state index contributed by atoms with van der Waals surface area (Å²) in [6.45, 7) is 2.03. The topological polar surface area (TPSA) is 46.8 Å². The summed E-state index contributed by atoms with van der Waals surface area (Å²) in [5.74, 6) is 1.58. The van der Waals surface area contributed by atoms with E-state index in [2.05, 4.69) is 50.3 Å². The minimum atomic E-state index is 0.577. The van der Waals surface area contributed by atoms with Gasteiger partial charge in [-0.1, -0.05) is 30.3 Å². The molecule has 0 bridgehead atoms. The zero-order valence-electron chi connectivity index (χ0n) is 12.0. The van der Waals surface area contributed by atoms with Gasteiger partial charge in [0, 0.05) is 26.1 Å². The summed E-state index contributed by atoms with van der Waals surface area (Å²) < 4.78 is 1.80.